The highest BCUT2D eigenvalue weighted by atomic mass is 35.5. The third kappa shape index (κ3) is 2.07. The van der Waals surface area contributed by atoms with Crippen molar-refractivity contribution in [2.45, 2.75) is 0 Å². The van der Waals surface area contributed by atoms with Gasteiger partial charge in [-0.1, -0.05) is 17.7 Å². The molecule has 0 saturated carbocycles. The van der Waals surface area contributed by atoms with Crippen LogP contribution in [0, 0.1) is 0 Å². The molecule has 0 N–H and O–H groups in total. The fourth-order valence-corrected chi connectivity index (χ4v) is 1.47. The van der Waals surface area contributed by atoms with Crippen molar-refractivity contribution in [2.75, 3.05) is 7.11 Å². The van der Waals surface area contributed by atoms with Gasteiger partial charge >= 0.3 is 0 Å². The van der Waals surface area contributed by atoms with Gasteiger partial charge in [-0.3, -0.25) is 0 Å². The number of methoxy groups -OCH3 is 1. The van der Waals surface area contributed by atoms with Crippen LogP contribution in [0.4, 0.5) is 0 Å². The number of hydrogen-bond donors (Lipinski definition) is 0. The highest BCUT2D eigenvalue weighted by Gasteiger charge is 2.07. The normalized spacial score (nSPS) is 10.0. The molecule has 0 unspecified atom stereocenters. The van der Waals surface area contributed by atoms with Gasteiger partial charge in [0.2, 0.25) is 5.88 Å². The molecule has 76 valence electrons. The van der Waals surface area contributed by atoms with Crippen LogP contribution in [-0.2, 0) is 0 Å². The van der Waals surface area contributed by atoms with Gasteiger partial charge in [0.05, 0.1) is 18.4 Å². The summed E-state index contributed by atoms with van der Waals surface area (Å²) in [6, 6.07) is 9.17. The lowest BCUT2D eigenvalue weighted by molar-refractivity contribution is 0.399. The monoisotopic (exact) mass is 220 g/mol. The molecule has 0 fully saturated rings. The molecule has 0 saturated heterocycles. The highest BCUT2D eigenvalue weighted by molar-refractivity contribution is 6.29. The molecule has 15 heavy (non-hydrogen) atoms. The third-order valence-electron chi connectivity index (χ3n) is 1.96. The predicted octanol–water partition coefficient (Wildman–Crippen LogP) is 2.81. The quantitative estimate of drug-likeness (QED) is 0.730. The molecule has 0 spiro atoms. The minimum atomic E-state index is 0.457. The lowest BCUT2D eigenvalue weighted by Crippen LogP contribution is -1.92. The van der Waals surface area contributed by atoms with Gasteiger partial charge in [-0.2, -0.15) is 0 Å². The minimum Gasteiger partial charge on any atom is -0.481 e. The van der Waals surface area contributed by atoms with Crippen molar-refractivity contribution in [3.8, 4) is 17.1 Å². The van der Waals surface area contributed by atoms with Gasteiger partial charge in [-0.05, 0) is 24.3 Å². The van der Waals surface area contributed by atoms with Crippen molar-refractivity contribution in [1.82, 2.24) is 9.97 Å². The van der Waals surface area contributed by atoms with Crippen LogP contribution < -0.4 is 4.74 Å². The molecule has 2 heterocycles. The second-order valence-corrected chi connectivity index (χ2v) is 3.29. The Bertz CT molecular complexity index is 474. The summed E-state index contributed by atoms with van der Waals surface area (Å²) < 4.78 is 5.15. The molecule has 0 radical (unpaired) electrons. The summed E-state index contributed by atoms with van der Waals surface area (Å²) in [7, 11) is 1.58. The number of ether oxygens (including phenoxy) is 1. The fourth-order valence-electron chi connectivity index (χ4n) is 1.31. The number of pyridine rings is 2. The van der Waals surface area contributed by atoms with Crippen LogP contribution in [0.3, 0.4) is 0 Å². The summed E-state index contributed by atoms with van der Waals surface area (Å²) in [5.41, 5.74) is 1.59. The first-order valence-electron chi connectivity index (χ1n) is 4.43. The van der Waals surface area contributed by atoms with Crippen molar-refractivity contribution in [3.63, 3.8) is 0 Å². The van der Waals surface area contributed by atoms with Crippen LogP contribution in [0.5, 0.6) is 5.88 Å². The minimum absolute atomic E-state index is 0.457. The molecule has 0 atom stereocenters. The smallest absolute Gasteiger partial charge is 0.222 e. The van der Waals surface area contributed by atoms with Gasteiger partial charge in [0.25, 0.3) is 0 Å². The molecule has 0 aliphatic rings. The van der Waals surface area contributed by atoms with Crippen molar-refractivity contribution >= 4 is 11.6 Å². The topological polar surface area (TPSA) is 35.0 Å². The Balaban J connectivity index is 2.53. The Labute approximate surface area is 92.7 Å². The van der Waals surface area contributed by atoms with E-state index in [4.69, 9.17) is 16.3 Å². The standard InChI is InChI=1S/C11H9ClN2O/c1-15-11-8(4-3-7-13-11)9-5-2-6-10(12)14-9/h2-7H,1H3. The summed E-state index contributed by atoms with van der Waals surface area (Å²) in [6.45, 7) is 0. The summed E-state index contributed by atoms with van der Waals surface area (Å²) >= 11 is 5.82. The Morgan fingerprint density at radius 2 is 2.07 bits per heavy atom. The molecular weight excluding hydrogens is 212 g/mol. The van der Waals surface area contributed by atoms with Gasteiger partial charge in [-0.15, -0.1) is 0 Å². The predicted molar refractivity (Wildman–Crippen MR) is 59.0 cm³/mol. The lowest BCUT2D eigenvalue weighted by atomic mass is 10.2. The number of hydrogen-bond acceptors (Lipinski definition) is 3. The molecule has 3 nitrogen and oxygen atoms in total. The molecule has 2 aromatic heterocycles. The van der Waals surface area contributed by atoms with E-state index in [1.807, 2.05) is 24.3 Å². The molecule has 0 aliphatic carbocycles. The van der Waals surface area contributed by atoms with Gasteiger partial charge in [0, 0.05) is 6.20 Å². The van der Waals surface area contributed by atoms with Crippen LogP contribution >= 0.6 is 11.6 Å². The van der Waals surface area contributed by atoms with Crippen LogP contribution in [-0.4, -0.2) is 17.1 Å². The second kappa shape index (κ2) is 4.28. The van der Waals surface area contributed by atoms with E-state index in [0.29, 0.717) is 11.0 Å². The van der Waals surface area contributed by atoms with Gasteiger partial charge in [-0.25, -0.2) is 9.97 Å². The fraction of sp³-hybridized carbons (Fsp3) is 0.0909. The van der Waals surface area contributed by atoms with Gasteiger partial charge in [0.15, 0.2) is 0 Å². The van der Waals surface area contributed by atoms with Crippen LogP contribution in [0.2, 0.25) is 5.15 Å². The largest absolute Gasteiger partial charge is 0.481 e. The average molecular weight is 221 g/mol. The van der Waals surface area contributed by atoms with Gasteiger partial charge in [0.1, 0.15) is 5.15 Å². The van der Waals surface area contributed by atoms with Crippen LogP contribution in [0.25, 0.3) is 11.3 Å². The molecule has 4 heteroatoms. The summed E-state index contributed by atoms with van der Waals surface area (Å²) in [5.74, 6) is 0.548. The molecule has 0 amide bonds. The van der Waals surface area contributed by atoms with E-state index in [1.54, 1.807) is 19.4 Å². The zero-order valence-corrected chi connectivity index (χ0v) is 8.90. The maximum atomic E-state index is 5.82. The number of aromatic nitrogens is 2. The molecular formula is C11H9ClN2O. The van der Waals surface area contributed by atoms with E-state index >= 15 is 0 Å². The average Bonchev–Trinajstić information content (AvgIpc) is 2.29. The maximum Gasteiger partial charge on any atom is 0.222 e. The SMILES string of the molecule is COc1ncccc1-c1cccc(Cl)n1. The van der Waals surface area contributed by atoms with Crippen LogP contribution in [0.15, 0.2) is 36.5 Å². The summed E-state index contributed by atoms with van der Waals surface area (Å²) in [6.07, 6.45) is 1.67. The molecule has 0 bridgehead atoms. The molecule has 2 aromatic rings. The van der Waals surface area contributed by atoms with E-state index in [1.165, 1.54) is 0 Å². The van der Waals surface area contributed by atoms with Gasteiger partial charge < -0.3 is 4.74 Å². The highest BCUT2D eigenvalue weighted by Crippen LogP contribution is 2.26. The number of halogens is 1. The van der Waals surface area contributed by atoms with Crippen molar-refractivity contribution in [1.29, 1.82) is 0 Å². The maximum absolute atomic E-state index is 5.82. The summed E-state index contributed by atoms with van der Waals surface area (Å²) in [4.78, 5) is 8.30. The third-order valence-corrected chi connectivity index (χ3v) is 2.17. The Kier molecular flexibility index (Phi) is 2.83. The molecule has 0 aromatic carbocycles. The van der Waals surface area contributed by atoms with E-state index in [-0.39, 0.29) is 0 Å². The lowest BCUT2D eigenvalue weighted by Gasteiger charge is -2.05. The van der Waals surface area contributed by atoms with E-state index in [2.05, 4.69) is 9.97 Å². The first-order valence-corrected chi connectivity index (χ1v) is 4.81. The molecule has 2 rings (SSSR count). The Hall–Kier alpha value is -1.61. The Morgan fingerprint density at radius 1 is 1.20 bits per heavy atom. The van der Waals surface area contributed by atoms with E-state index in [0.717, 1.165) is 11.3 Å². The Morgan fingerprint density at radius 3 is 2.80 bits per heavy atom. The second-order valence-electron chi connectivity index (χ2n) is 2.91. The number of rotatable bonds is 2. The van der Waals surface area contributed by atoms with Crippen LogP contribution in [0.1, 0.15) is 0 Å². The number of nitrogens with zero attached hydrogens (tertiary/aromatic N) is 2. The van der Waals surface area contributed by atoms with Crippen molar-refractivity contribution in [3.05, 3.63) is 41.7 Å². The van der Waals surface area contributed by atoms with E-state index in [9.17, 15) is 0 Å². The zero-order valence-electron chi connectivity index (χ0n) is 8.14. The first-order chi connectivity index (χ1) is 7.31. The van der Waals surface area contributed by atoms with E-state index < -0.39 is 0 Å². The van der Waals surface area contributed by atoms with Crippen molar-refractivity contribution < 1.29 is 4.74 Å². The first kappa shape index (κ1) is 9.93. The zero-order chi connectivity index (χ0) is 10.7. The summed E-state index contributed by atoms with van der Waals surface area (Å²) in [5, 5.41) is 0.457. The molecule has 0 aliphatic heterocycles. The van der Waals surface area contributed by atoms with Crippen molar-refractivity contribution in [2.24, 2.45) is 0 Å².